The predicted molar refractivity (Wildman–Crippen MR) is 82.9 cm³/mol. The Morgan fingerprint density at radius 3 is 2.55 bits per heavy atom. The second kappa shape index (κ2) is 5.29. The Morgan fingerprint density at radius 1 is 1.10 bits per heavy atom. The first kappa shape index (κ1) is 13.2. The van der Waals surface area contributed by atoms with Crippen LogP contribution in [0, 0.1) is 0 Å². The van der Waals surface area contributed by atoms with Crippen molar-refractivity contribution in [2.24, 2.45) is 0 Å². The number of hydrogen-bond acceptors (Lipinski definition) is 2. The fourth-order valence-electron chi connectivity index (χ4n) is 3.25. The Bertz CT molecular complexity index is 581. The number of hydrogen-bond donors (Lipinski definition) is 2. The summed E-state index contributed by atoms with van der Waals surface area (Å²) >= 11 is 0. The first-order chi connectivity index (χ1) is 9.75. The molecule has 0 bridgehead atoms. The maximum absolute atomic E-state index is 10.1. The summed E-state index contributed by atoms with van der Waals surface area (Å²) in [6.45, 7) is 2.38. The third kappa shape index (κ3) is 2.20. The van der Waals surface area contributed by atoms with Crippen molar-refractivity contribution in [3.05, 3.63) is 65.7 Å². The summed E-state index contributed by atoms with van der Waals surface area (Å²) in [5.41, 5.74) is 3.30. The molecule has 2 N–H and O–H groups in total. The van der Waals surface area contributed by atoms with Gasteiger partial charge >= 0.3 is 0 Å². The van der Waals surface area contributed by atoms with Crippen molar-refractivity contribution >= 4 is 5.69 Å². The van der Waals surface area contributed by atoms with Crippen molar-refractivity contribution in [3.63, 3.8) is 0 Å². The Kier molecular flexibility index (Phi) is 3.49. The van der Waals surface area contributed by atoms with Crippen LogP contribution in [0.15, 0.2) is 54.6 Å². The molecule has 0 saturated carbocycles. The molecular formula is C18H21NO. The van der Waals surface area contributed by atoms with Crippen LogP contribution in [0.4, 0.5) is 5.69 Å². The number of anilines is 1. The SMILES string of the molecule is CC1CCC(CO)(Nc2ccccc2)c2ccccc21. The van der Waals surface area contributed by atoms with Gasteiger partial charge in [0.15, 0.2) is 0 Å². The highest BCUT2D eigenvalue weighted by molar-refractivity contribution is 5.51. The van der Waals surface area contributed by atoms with Gasteiger partial charge in [0, 0.05) is 5.69 Å². The van der Waals surface area contributed by atoms with Crippen LogP contribution in [0.5, 0.6) is 0 Å². The largest absolute Gasteiger partial charge is 0.394 e. The summed E-state index contributed by atoms with van der Waals surface area (Å²) in [7, 11) is 0. The van der Waals surface area contributed by atoms with E-state index in [2.05, 4.69) is 48.6 Å². The lowest BCUT2D eigenvalue weighted by molar-refractivity contribution is 0.190. The summed E-state index contributed by atoms with van der Waals surface area (Å²) in [6, 6.07) is 18.6. The lowest BCUT2D eigenvalue weighted by Gasteiger charge is -2.41. The van der Waals surface area contributed by atoms with Crippen LogP contribution in [0.25, 0.3) is 0 Å². The molecule has 0 heterocycles. The summed E-state index contributed by atoms with van der Waals surface area (Å²) in [6.07, 6.45) is 2.05. The van der Waals surface area contributed by atoms with E-state index in [1.54, 1.807) is 0 Å². The Morgan fingerprint density at radius 2 is 1.80 bits per heavy atom. The van der Waals surface area contributed by atoms with Crippen LogP contribution in [0.1, 0.15) is 36.8 Å². The van der Waals surface area contributed by atoms with E-state index in [1.807, 2.05) is 18.2 Å². The standard InChI is InChI=1S/C18H21NO/c1-14-11-12-18(13-20,17-10-6-5-9-16(14)17)19-15-7-3-2-4-8-15/h2-10,14,19-20H,11-13H2,1H3. The minimum atomic E-state index is -0.357. The molecule has 0 aromatic heterocycles. The molecule has 1 aliphatic carbocycles. The van der Waals surface area contributed by atoms with Gasteiger partial charge in [0.2, 0.25) is 0 Å². The normalized spacial score (nSPS) is 25.0. The Balaban J connectivity index is 2.03. The van der Waals surface area contributed by atoms with Gasteiger partial charge in [0.25, 0.3) is 0 Å². The molecule has 1 aliphatic rings. The van der Waals surface area contributed by atoms with E-state index in [0.29, 0.717) is 5.92 Å². The highest BCUT2D eigenvalue weighted by atomic mass is 16.3. The topological polar surface area (TPSA) is 32.3 Å². The van der Waals surface area contributed by atoms with Gasteiger partial charge in [-0.1, -0.05) is 49.4 Å². The summed E-state index contributed by atoms with van der Waals surface area (Å²) in [4.78, 5) is 0. The first-order valence-corrected chi connectivity index (χ1v) is 7.29. The van der Waals surface area contributed by atoms with Crippen molar-refractivity contribution in [1.29, 1.82) is 0 Å². The number of rotatable bonds is 3. The molecule has 0 spiro atoms. The third-order valence-electron chi connectivity index (χ3n) is 4.44. The van der Waals surface area contributed by atoms with Crippen LogP contribution in [-0.2, 0) is 5.54 Å². The predicted octanol–water partition coefficient (Wildman–Crippen LogP) is 3.88. The van der Waals surface area contributed by atoms with Gasteiger partial charge < -0.3 is 10.4 Å². The maximum atomic E-state index is 10.1. The first-order valence-electron chi connectivity index (χ1n) is 7.29. The smallest absolute Gasteiger partial charge is 0.0859 e. The molecule has 2 heteroatoms. The molecule has 2 unspecified atom stereocenters. The van der Waals surface area contributed by atoms with Gasteiger partial charge in [-0.15, -0.1) is 0 Å². The van der Waals surface area contributed by atoms with E-state index in [1.165, 1.54) is 11.1 Å². The number of aliphatic hydroxyl groups excluding tert-OH is 1. The monoisotopic (exact) mass is 267 g/mol. The minimum Gasteiger partial charge on any atom is -0.394 e. The molecule has 2 aromatic carbocycles. The molecular weight excluding hydrogens is 246 g/mol. The lowest BCUT2D eigenvalue weighted by Crippen LogP contribution is -2.42. The molecule has 0 saturated heterocycles. The molecule has 2 atom stereocenters. The van der Waals surface area contributed by atoms with Crippen molar-refractivity contribution < 1.29 is 5.11 Å². The van der Waals surface area contributed by atoms with E-state index in [-0.39, 0.29) is 12.1 Å². The molecule has 0 radical (unpaired) electrons. The Hall–Kier alpha value is -1.80. The van der Waals surface area contributed by atoms with Crippen LogP contribution < -0.4 is 5.32 Å². The fraction of sp³-hybridized carbons (Fsp3) is 0.333. The van der Waals surface area contributed by atoms with E-state index < -0.39 is 0 Å². The number of nitrogens with one attached hydrogen (secondary N) is 1. The van der Waals surface area contributed by atoms with Crippen LogP contribution in [0.2, 0.25) is 0 Å². The average molecular weight is 267 g/mol. The molecule has 20 heavy (non-hydrogen) atoms. The highest BCUT2D eigenvalue weighted by Crippen LogP contribution is 2.42. The van der Waals surface area contributed by atoms with Crippen LogP contribution >= 0.6 is 0 Å². The summed E-state index contributed by atoms with van der Waals surface area (Å²) in [5, 5.41) is 13.6. The fourth-order valence-corrected chi connectivity index (χ4v) is 3.25. The number of aliphatic hydroxyl groups is 1. The molecule has 0 fully saturated rings. The second-order valence-electron chi connectivity index (χ2n) is 5.76. The summed E-state index contributed by atoms with van der Waals surface area (Å²) in [5.74, 6) is 0.559. The lowest BCUT2D eigenvalue weighted by atomic mass is 9.72. The van der Waals surface area contributed by atoms with Gasteiger partial charge in [-0.05, 0) is 42.0 Å². The van der Waals surface area contributed by atoms with Gasteiger partial charge in [-0.2, -0.15) is 0 Å². The number of para-hydroxylation sites is 1. The zero-order valence-electron chi connectivity index (χ0n) is 11.8. The Labute approximate surface area is 120 Å². The van der Waals surface area contributed by atoms with Crippen molar-refractivity contribution in [2.75, 3.05) is 11.9 Å². The second-order valence-corrected chi connectivity index (χ2v) is 5.76. The van der Waals surface area contributed by atoms with Gasteiger partial charge in [-0.3, -0.25) is 0 Å². The van der Waals surface area contributed by atoms with Crippen molar-refractivity contribution in [2.45, 2.75) is 31.2 Å². The number of fused-ring (bicyclic) bond motifs is 1. The van der Waals surface area contributed by atoms with Crippen LogP contribution in [0.3, 0.4) is 0 Å². The van der Waals surface area contributed by atoms with Gasteiger partial charge in [-0.25, -0.2) is 0 Å². The third-order valence-corrected chi connectivity index (χ3v) is 4.44. The van der Waals surface area contributed by atoms with E-state index >= 15 is 0 Å². The summed E-state index contributed by atoms with van der Waals surface area (Å²) < 4.78 is 0. The van der Waals surface area contributed by atoms with E-state index in [4.69, 9.17) is 0 Å². The highest BCUT2D eigenvalue weighted by Gasteiger charge is 2.38. The maximum Gasteiger partial charge on any atom is 0.0859 e. The molecule has 0 aliphatic heterocycles. The molecule has 0 amide bonds. The van der Waals surface area contributed by atoms with Crippen molar-refractivity contribution in [3.8, 4) is 0 Å². The van der Waals surface area contributed by atoms with Gasteiger partial charge in [0.1, 0.15) is 0 Å². The zero-order chi connectivity index (χ0) is 14.0. The molecule has 104 valence electrons. The molecule has 2 aromatic rings. The van der Waals surface area contributed by atoms with E-state index in [0.717, 1.165) is 18.5 Å². The quantitative estimate of drug-likeness (QED) is 0.884. The minimum absolute atomic E-state index is 0.117. The molecule has 3 rings (SSSR count). The van der Waals surface area contributed by atoms with Crippen molar-refractivity contribution in [1.82, 2.24) is 0 Å². The average Bonchev–Trinajstić information content (AvgIpc) is 2.52. The van der Waals surface area contributed by atoms with Gasteiger partial charge in [0.05, 0.1) is 12.1 Å². The van der Waals surface area contributed by atoms with Crippen LogP contribution in [-0.4, -0.2) is 11.7 Å². The zero-order valence-corrected chi connectivity index (χ0v) is 11.8. The van der Waals surface area contributed by atoms with E-state index in [9.17, 15) is 5.11 Å². The molecule has 2 nitrogen and oxygen atoms in total. The number of benzene rings is 2.